The summed E-state index contributed by atoms with van der Waals surface area (Å²) in [7, 11) is -1.69. The van der Waals surface area contributed by atoms with Crippen LogP contribution in [0.5, 0.6) is 0 Å². The zero-order chi connectivity index (χ0) is 11.9. The van der Waals surface area contributed by atoms with E-state index in [1.54, 1.807) is 12.1 Å². The molecule has 0 radical (unpaired) electrons. The van der Waals surface area contributed by atoms with E-state index < -0.39 is 10.4 Å². The molecule has 82 valence electrons. The third-order valence-corrected chi connectivity index (χ3v) is 1.72. The predicted octanol–water partition coefficient (Wildman–Crippen LogP) is -0.524. The zero-order valence-electron chi connectivity index (χ0n) is 8.25. The van der Waals surface area contributed by atoms with Gasteiger partial charge in [0.05, 0.1) is 18.7 Å². The van der Waals surface area contributed by atoms with E-state index in [4.69, 9.17) is 5.26 Å². The molecule has 1 aromatic rings. The molecule has 0 spiro atoms. The second-order valence-corrected chi connectivity index (χ2v) is 3.59. The minimum absolute atomic E-state index is 0.702. The molecule has 0 atom stereocenters. The maximum Gasteiger partial charge on any atom is 0.217 e. The van der Waals surface area contributed by atoms with Gasteiger partial charge in [0.25, 0.3) is 0 Å². The quantitative estimate of drug-likeness (QED) is 0.367. The molecule has 0 aliphatic heterocycles. The van der Waals surface area contributed by atoms with Crippen LogP contribution in [0.3, 0.4) is 0 Å². The van der Waals surface area contributed by atoms with Crippen LogP contribution >= 0.6 is 0 Å². The Morgan fingerprint density at radius 1 is 1.47 bits per heavy atom. The van der Waals surface area contributed by atoms with Crippen LogP contribution in [0.15, 0.2) is 24.5 Å². The van der Waals surface area contributed by atoms with Gasteiger partial charge in [0.2, 0.25) is 10.4 Å². The second-order valence-electron chi connectivity index (χ2n) is 2.44. The first-order valence-corrected chi connectivity index (χ1v) is 5.09. The molecule has 7 heteroatoms. The molecule has 0 aliphatic rings. The Bertz CT molecular complexity index is 433. The molecule has 0 amide bonds. The van der Waals surface area contributed by atoms with Crippen molar-refractivity contribution < 1.29 is 21.7 Å². The fraction of sp³-hybridized carbons (Fsp3) is 0.250. The largest absolute Gasteiger partial charge is 0.726 e. The zero-order valence-corrected chi connectivity index (χ0v) is 9.06. The molecular formula is C8H10N2O4S. The molecule has 0 aliphatic carbocycles. The van der Waals surface area contributed by atoms with Gasteiger partial charge in [-0.3, -0.25) is 4.18 Å². The highest BCUT2D eigenvalue weighted by molar-refractivity contribution is 7.80. The maximum atomic E-state index is 9.22. The number of hydrogen-bond donors (Lipinski definition) is 0. The molecule has 0 aromatic carbocycles. The van der Waals surface area contributed by atoms with Gasteiger partial charge in [-0.05, 0) is 0 Å². The summed E-state index contributed by atoms with van der Waals surface area (Å²) < 4.78 is 32.9. The average molecular weight is 230 g/mol. The number of aromatic nitrogens is 1. The molecule has 0 bridgehead atoms. The highest BCUT2D eigenvalue weighted by Gasteiger charge is 1.90. The Morgan fingerprint density at radius 2 is 1.87 bits per heavy atom. The van der Waals surface area contributed by atoms with Gasteiger partial charge in [0.15, 0.2) is 12.4 Å². The van der Waals surface area contributed by atoms with Crippen molar-refractivity contribution in [2.75, 3.05) is 7.11 Å². The molecule has 1 rings (SSSR count). The lowest BCUT2D eigenvalue weighted by molar-refractivity contribution is -0.671. The summed E-state index contributed by atoms with van der Waals surface area (Å²) in [5, 5.41) is 8.37. The molecule has 0 saturated heterocycles. The van der Waals surface area contributed by atoms with Gasteiger partial charge in [-0.15, -0.1) is 0 Å². The van der Waals surface area contributed by atoms with Gasteiger partial charge in [0.1, 0.15) is 7.05 Å². The number of hydrogen-bond acceptors (Lipinski definition) is 5. The van der Waals surface area contributed by atoms with Gasteiger partial charge < -0.3 is 4.55 Å². The van der Waals surface area contributed by atoms with Gasteiger partial charge in [0, 0.05) is 12.1 Å². The van der Waals surface area contributed by atoms with Crippen molar-refractivity contribution in [3.8, 4) is 6.07 Å². The van der Waals surface area contributed by atoms with E-state index in [9.17, 15) is 13.0 Å². The van der Waals surface area contributed by atoms with Crippen LogP contribution < -0.4 is 4.57 Å². The summed E-state index contributed by atoms with van der Waals surface area (Å²) in [5.41, 5.74) is 0.702. The predicted molar refractivity (Wildman–Crippen MR) is 49.0 cm³/mol. The molecule has 15 heavy (non-hydrogen) atoms. The van der Waals surface area contributed by atoms with Crippen molar-refractivity contribution >= 4 is 10.4 Å². The molecule has 1 heterocycles. The van der Waals surface area contributed by atoms with Crippen LogP contribution in [0.1, 0.15) is 5.56 Å². The van der Waals surface area contributed by atoms with Crippen LogP contribution in [-0.4, -0.2) is 20.1 Å². The van der Waals surface area contributed by atoms with Gasteiger partial charge >= 0.3 is 0 Å². The fourth-order valence-electron chi connectivity index (χ4n) is 0.576. The van der Waals surface area contributed by atoms with Crippen molar-refractivity contribution in [1.29, 1.82) is 5.26 Å². The van der Waals surface area contributed by atoms with Crippen LogP contribution in [0.4, 0.5) is 0 Å². The Kier molecular flexibility index (Phi) is 5.48. The van der Waals surface area contributed by atoms with Crippen molar-refractivity contribution in [1.82, 2.24) is 0 Å². The van der Waals surface area contributed by atoms with E-state index >= 15 is 0 Å². The number of nitriles is 1. The Hall–Kier alpha value is -1.49. The topological polar surface area (TPSA) is 94.1 Å². The summed E-state index contributed by atoms with van der Waals surface area (Å²) in [6.07, 6.45) is 3.69. The minimum atomic E-state index is -4.41. The Balaban J connectivity index is 0.000000288. The second kappa shape index (κ2) is 6.08. The summed E-state index contributed by atoms with van der Waals surface area (Å²) >= 11 is 0. The van der Waals surface area contributed by atoms with E-state index in [1.165, 1.54) is 0 Å². The molecule has 0 unspecified atom stereocenters. The molecule has 6 nitrogen and oxygen atoms in total. The van der Waals surface area contributed by atoms with E-state index in [-0.39, 0.29) is 0 Å². The number of pyridine rings is 1. The van der Waals surface area contributed by atoms with E-state index in [0.29, 0.717) is 5.56 Å². The Morgan fingerprint density at radius 3 is 2.13 bits per heavy atom. The molecule has 0 saturated carbocycles. The first kappa shape index (κ1) is 13.5. The van der Waals surface area contributed by atoms with Crippen LogP contribution in [0, 0.1) is 11.3 Å². The number of nitrogens with zero attached hydrogens (tertiary/aromatic N) is 2. The van der Waals surface area contributed by atoms with E-state index in [2.05, 4.69) is 4.18 Å². The van der Waals surface area contributed by atoms with Crippen molar-refractivity contribution in [3.05, 3.63) is 30.1 Å². The first-order chi connectivity index (χ1) is 6.89. The maximum absolute atomic E-state index is 9.22. The fourth-order valence-corrected chi connectivity index (χ4v) is 0.576. The SMILES string of the molecule is COS(=O)(=O)[O-].C[n+]1ccc(C#N)cc1. The van der Waals surface area contributed by atoms with E-state index in [1.807, 2.05) is 30.1 Å². The summed E-state index contributed by atoms with van der Waals surface area (Å²) in [6, 6.07) is 5.60. The first-order valence-electron chi connectivity index (χ1n) is 3.76. The standard InChI is InChI=1S/C7H7N2.CH4O4S/c1-9-4-2-7(6-8)3-5-9;1-5-6(2,3)4/h2-5H,1H3;1H3,(H,2,3,4)/q+1;/p-1. The van der Waals surface area contributed by atoms with Gasteiger partial charge in [-0.2, -0.15) is 5.26 Å². The molecule has 1 aromatic heterocycles. The summed E-state index contributed by atoms with van der Waals surface area (Å²) in [5.74, 6) is 0. The monoisotopic (exact) mass is 230 g/mol. The highest BCUT2D eigenvalue weighted by atomic mass is 32.3. The summed E-state index contributed by atoms with van der Waals surface area (Å²) in [4.78, 5) is 0. The lowest BCUT2D eigenvalue weighted by Gasteiger charge is -1.98. The van der Waals surface area contributed by atoms with Crippen LogP contribution in [-0.2, 0) is 21.6 Å². The molecule has 0 fully saturated rings. The van der Waals surface area contributed by atoms with Crippen molar-refractivity contribution in [2.45, 2.75) is 0 Å². The summed E-state index contributed by atoms with van der Waals surface area (Å²) in [6.45, 7) is 0. The van der Waals surface area contributed by atoms with Gasteiger partial charge in [-0.25, -0.2) is 13.0 Å². The highest BCUT2D eigenvalue weighted by Crippen LogP contribution is 1.88. The number of aryl methyl sites for hydroxylation is 1. The Labute approximate surface area is 88.3 Å². The number of rotatable bonds is 1. The van der Waals surface area contributed by atoms with E-state index in [0.717, 1.165) is 7.11 Å². The smallest absolute Gasteiger partial charge is 0.217 e. The average Bonchev–Trinajstić information content (AvgIpc) is 2.19. The van der Waals surface area contributed by atoms with Crippen molar-refractivity contribution in [2.24, 2.45) is 7.05 Å². The minimum Gasteiger partial charge on any atom is -0.726 e. The lowest BCUT2D eigenvalue weighted by Crippen LogP contribution is -2.25. The van der Waals surface area contributed by atoms with Crippen LogP contribution in [0.25, 0.3) is 0 Å². The molecule has 0 N–H and O–H groups in total. The normalized spacial score (nSPS) is 9.73. The van der Waals surface area contributed by atoms with Gasteiger partial charge in [-0.1, -0.05) is 0 Å². The third-order valence-electron chi connectivity index (χ3n) is 1.31. The lowest BCUT2D eigenvalue weighted by atomic mass is 10.3. The van der Waals surface area contributed by atoms with Crippen LogP contribution in [0.2, 0.25) is 0 Å². The third kappa shape index (κ3) is 7.57. The molecular weight excluding hydrogens is 220 g/mol. The van der Waals surface area contributed by atoms with Crippen molar-refractivity contribution in [3.63, 3.8) is 0 Å².